The van der Waals surface area contributed by atoms with Crippen LogP contribution in [0.4, 0.5) is 5.69 Å². The van der Waals surface area contributed by atoms with Crippen LogP contribution in [-0.4, -0.2) is 6.54 Å². The molecule has 0 atom stereocenters. The number of hydrogen-bond donors (Lipinski definition) is 1. The van der Waals surface area contributed by atoms with Crippen LogP contribution in [0.3, 0.4) is 0 Å². The average molecular weight is 274 g/mol. The average Bonchev–Trinajstić information content (AvgIpc) is 2.47. The molecule has 1 aliphatic rings. The Bertz CT molecular complexity index is 565. The summed E-state index contributed by atoms with van der Waals surface area (Å²) in [5, 5.41) is 4.20. The molecule has 0 saturated carbocycles. The summed E-state index contributed by atoms with van der Waals surface area (Å²) >= 11 is 5.86. The lowest BCUT2D eigenvalue weighted by molar-refractivity contribution is 0.306. The fraction of sp³-hybridized carbons (Fsp3) is 0.250. The number of fused-ring (bicyclic) bond motifs is 1. The van der Waals surface area contributed by atoms with Crippen molar-refractivity contribution in [1.29, 1.82) is 0 Å². The second kappa shape index (κ2) is 5.54. The molecule has 1 heterocycles. The summed E-state index contributed by atoms with van der Waals surface area (Å²) in [6.07, 6.45) is 2.35. The molecule has 0 spiro atoms. The number of para-hydroxylation sites is 1. The normalized spacial score (nSPS) is 13.5. The van der Waals surface area contributed by atoms with Gasteiger partial charge >= 0.3 is 0 Å². The Labute approximate surface area is 118 Å². The smallest absolute Gasteiger partial charge is 0.119 e. The van der Waals surface area contributed by atoms with Crippen LogP contribution in [0, 0.1) is 0 Å². The molecular formula is C16H16ClNO. The number of anilines is 1. The second-order valence-electron chi connectivity index (χ2n) is 4.72. The summed E-state index contributed by atoms with van der Waals surface area (Å²) in [5.41, 5.74) is 3.86. The van der Waals surface area contributed by atoms with Crippen molar-refractivity contribution in [2.24, 2.45) is 0 Å². The molecule has 0 radical (unpaired) electrons. The zero-order chi connectivity index (χ0) is 13.1. The van der Waals surface area contributed by atoms with Crippen molar-refractivity contribution < 1.29 is 4.74 Å². The quantitative estimate of drug-likeness (QED) is 0.901. The zero-order valence-electron chi connectivity index (χ0n) is 10.7. The van der Waals surface area contributed by atoms with Crippen molar-refractivity contribution in [1.82, 2.24) is 0 Å². The molecule has 1 N–H and O–H groups in total. The van der Waals surface area contributed by atoms with E-state index in [4.69, 9.17) is 16.3 Å². The number of aryl methyl sites for hydroxylation is 1. The van der Waals surface area contributed by atoms with Crippen LogP contribution in [0.25, 0.3) is 0 Å². The molecule has 1 aliphatic heterocycles. The van der Waals surface area contributed by atoms with E-state index in [1.807, 2.05) is 24.3 Å². The molecule has 2 nitrogen and oxygen atoms in total. The van der Waals surface area contributed by atoms with Crippen LogP contribution in [0.5, 0.6) is 5.75 Å². The first-order valence-electron chi connectivity index (χ1n) is 6.56. The van der Waals surface area contributed by atoms with Crippen LogP contribution in [0.1, 0.15) is 17.5 Å². The van der Waals surface area contributed by atoms with Gasteiger partial charge in [0, 0.05) is 22.8 Å². The van der Waals surface area contributed by atoms with Crippen molar-refractivity contribution in [3.63, 3.8) is 0 Å². The predicted octanol–water partition coefficient (Wildman–Crippen LogP) is 4.28. The monoisotopic (exact) mass is 273 g/mol. The van der Waals surface area contributed by atoms with Gasteiger partial charge in [0.25, 0.3) is 0 Å². The van der Waals surface area contributed by atoms with Gasteiger partial charge in [-0.25, -0.2) is 0 Å². The highest BCUT2D eigenvalue weighted by Gasteiger charge is 2.12. The Hall–Kier alpha value is -1.67. The van der Waals surface area contributed by atoms with Crippen molar-refractivity contribution >= 4 is 17.3 Å². The molecule has 3 rings (SSSR count). The maximum absolute atomic E-state index is 5.86. The largest absolute Gasteiger partial charge is 0.489 e. The number of rotatable bonds is 3. The molecule has 2 aromatic rings. The highest BCUT2D eigenvalue weighted by atomic mass is 35.5. The molecule has 0 aromatic heterocycles. The van der Waals surface area contributed by atoms with E-state index in [2.05, 4.69) is 23.5 Å². The van der Waals surface area contributed by atoms with Gasteiger partial charge in [-0.15, -0.1) is 0 Å². The third kappa shape index (κ3) is 2.85. The van der Waals surface area contributed by atoms with E-state index in [0.29, 0.717) is 6.61 Å². The van der Waals surface area contributed by atoms with Gasteiger partial charge < -0.3 is 10.1 Å². The Morgan fingerprint density at radius 2 is 1.95 bits per heavy atom. The first kappa shape index (κ1) is 12.4. The van der Waals surface area contributed by atoms with Gasteiger partial charge in [0.15, 0.2) is 0 Å². The molecule has 0 aliphatic carbocycles. The molecule has 2 aromatic carbocycles. The van der Waals surface area contributed by atoms with Crippen LogP contribution in [0.2, 0.25) is 5.02 Å². The highest BCUT2D eigenvalue weighted by molar-refractivity contribution is 6.30. The molecule has 0 fully saturated rings. The minimum atomic E-state index is 0.581. The molecule has 98 valence electrons. The SMILES string of the molecule is Clc1ccc(OCc2cccc3c2NCCC3)cc1. The third-order valence-electron chi connectivity index (χ3n) is 3.37. The third-order valence-corrected chi connectivity index (χ3v) is 3.62. The Morgan fingerprint density at radius 3 is 2.79 bits per heavy atom. The fourth-order valence-corrected chi connectivity index (χ4v) is 2.52. The highest BCUT2D eigenvalue weighted by Crippen LogP contribution is 2.27. The molecular weight excluding hydrogens is 258 g/mol. The number of hydrogen-bond acceptors (Lipinski definition) is 2. The predicted molar refractivity (Wildman–Crippen MR) is 79.0 cm³/mol. The van der Waals surface area contributed by atoms with Gasteiger partial charge in [0.2, 0.25) is 0 Å². The van der Waals surface area contributed by atoms with Crippen molar-refractivity contribution in [3.8, 4) is 5.75 Å². The summed E-state index contributed by atoms with van der Waals surface area (Å²) in [7, 11) is 0. The van der Waals surface area contributed by atoms with E-state index in [1.54, 1.807) is 0 Å². The van der Waals surface area contributed by atoms with Crippen LogP contribution in [0.15, 0.2) is 42.5 Å². The summed E-state index contributed by atoms with van der Waals surface area (Å²) in [5.74, 6) is 0.845. The molecule has 3 heteroatoms. The summed E-state index contributed by atoms with van der Waals surface area (Å²) < 4.78 is 5.81. The second-order valence-corrected chi connectivity index (χ2v) is 5.16. The van der Waals surface area contributed by atoms with Crippen molar-refractivity contribution in [3.05, 3.63) is 58.6 Å². The topological polar surface area (TPSA) is 21.3 Å². The molecule has 19 heavy (non-hydrogen) atoms. The minimum absolute atomic E-state index is 0.581. The van der Waals surface area contributed by atoms with Gasteiger partial charge in [0.05, 0.1) is 0 Å². The van der Waals surface area contributed by atoms with Crippen molar-refractivity contribution in [2.45, 2.75) is 19.4 Å². The first-order chi connectivity index (χ1) is 9.33. The zero-order valence-corrected chi connectivity index (χ0v) is 11.4. The summed E-state index contributed by atoms with van der Waals surface area (Å²) in [6, 6.07) is 13.9. The van der Waals surface area contributed by atoms with E-state index >= 15 is 0 Å². The lowest BCUT2D eigenvalue weighted by Crippen LogP contribution is -2.14. The Morgan fingerprint density at radius 1 is 1.11 bits per heavy atom. The molecule has 0 amide bonds. The first-order valence-corrected chi connectivity index (χ1v) is 6.94. The summed E-state index contributed by atoms with van der Waals surface area (Å²) in [4.78, 5) is 0. The maximum Gasteiger partial charge on any atom is 0.119 e. The fourth-order valence-electron chi connectivity index (χ4n) is 2.39. The van der Waals surface area contributed by atoms with E-state index in [9.17, 15) is 0 Å². The van der Waals surface area contributed by atoms with Gasteiger partial charge in [-0.3, -0.25) is 0 Å². The maximum atomic E-state index is 5.86. The Kier molecular flexibility index (Phi) is 3.60. The van der Waals surface area contributed by atoms with E-state index in [-0.39, 0.29) is 0 Å². The van der Waals surface area contributed by atoms with Crippen LogP contribution in [-0.2, 0) is 13.0 Å². The number of halogens is 1. The van der Waals surface area contributed by atoms with Crippen molar-refractivity contribution in [2.75, 3.05) is 11.9 Å². The van der Waals surface area contributed by atoms with Crippen LogP contribution < -0.4 is 10.1 Å². The molecule has 0 bridgehead atoms. The number of ether oxygens (including phenoxy) is 1. The number of nitrogens with one attached hydrogen (secondary N) is 1. The minimum Gasteiger partial charge on any atom is -0.489 e. The lowest BCUT2D eigenvalue weighted by Gasteiger charge is -2.21. The molecule has 0 unspecified atom stereocenters. The van der Waals surface area contributed by atoms with E-state index in [0.717, 1.165) is 23.7 Å². The Balaban J connectivity index is 1.75. The van der Waals surface area contributed by atoms with E-state index in [1.165, 1.54) is 23.2 Å². The standard InChI is InChI=1S/C16H16ClNO/c17-14-6-8-15(9-7-14)19-11-13-4-1-3-12-5-2-10-18-16(12)13/h1,3-4,6-9,18H,2,5,10-11H2. The van der Waals surface area contributed by atoms with Gasteiger partial charge in [-0.1, -0.05) is 29.8 Å². The van der Waals surface area contributed by atoms with E-state index < -0.39 is 0 Å². The van der Waals surface area contributed by atoms with Gasteiger partial charge in [0.1, 0.15) is 12.4 Å². The summed E-state index contributed by atoms with van der Waals surface area (Å²) in [6.45, 7) is 1.63. The van der Waals surface area contributed by atoms with Gasteiger partial charge in [-0.05, 0) is 42.7 Å². The molecule has 0 saturated heterocycles. The van der Waals surface area contributed by atoms with Crippen LogP contribution >= 0.6 is 11.6 Å². The van der Waals surface area contributed by atoms with Gasteiger partial charge in [-0.2, -0.15) is 0 Å². The lowest BCUT2D eigenvalue weighted by atomic mass is 10.00. The number of benzene rings is 2.